The highest BCUT2D eigenvalue weighted by Gasteiger charge is 2.42. The van der Waals surface area contributed by atoms with Gasteiger partial charge in [-0.1, -0.05) is 17.7 Å². The highest BCUT2D eigenvalue weighted by molar-refractivity contribution is 7.90. The molecule has 0 heterocycles. The van der Waals surface area contributed by atoms with Crippen LogP contribution in [0.1, 0.15) is 64.5 Å². The van der Waals surface area contributed by atoms with Crippen LogP contribution in [-0.2, 0) is 11.4 Å². The molecular formula is C19H25ClF5NOS. The fourth-order valence-corrected chi connectivity index (χ4v) is 4.42. The van der Waals surface area contributed by atoms with Crippen LogP contribution >= 0.6 is 11.6 Å². The summed E-state index contributed by atoms with van der Waals surface area (Å²) < 4.78 is 81.6. The topological polar surface area (TPSA) is 35.1 Å². The quantitative estimate of drug-likeness (QED) is 0.320. The Balaban J connectivity index is 2.19. The minimum atomic E-state index is -4.20. The summed E-state index contributed by atoms with van der Waals surface area (Å²) in [7, 11) is 0. The van der Waals surface area contributed by atoms with Crippen LogP contribution in [0.4, 0.5) is 22.0 Å². The predicted octanol–water partition coefficient (Wildman–Crippen LogP) is 6.47. The lowest BCUT2D eigenvalue weighted by molar-refractivity contribution is -0.184. The monoisotopic (exact) mass is 445 g/mol. The number of rotatable bonds is 5. The van der Waals surface area contributed by atoms with E-state index < -0.39 is 50.9 Å². The lowest BCUT2D eigenvalue weighted by Gasteiger charge is -2.33. The van der Waals surface area contributed by atoms with Crippen molar-refractivity contribution in [1.29, 1.82) is 0 Å². The minimum absolute atomic E-state index is 0.0237. The van der Waals surface area contributed by atoms with Crippen molar-refractivity contribution < 1.29 is 26.5 Å². The van der Waals surface area contributed by atoms with E-state index in [-0.39, 0.29) is 24.3 Å². The molecule has 28 heavy (non-hydrogen) atoms. The van der Waals surface area contributed by atoms with Crippen LogP contribution in [-0.4, -0.2) is 15.5 Å². The van der Waals surface area contributed by atoms with Crippen molar-refractivity contribution in [2.75, 3.05) is 0 Å². The summed E-state index contributed by atoms with van der Waals surface area (Å²) in [6.45, 7) is 5.24. The van der Waals surface area contributed by atoms with Crippen LogP contribution in [0.25, 0.3) is 0 Å². The number of hydrogen-bond acceptors (Lipinski definition) is 2. The number of alkyl halides is 3. The molecule has 1 aliphatic carbocycles. The van der Waals surface area contributed by atoms with Gasteiger partial charge < -0.3 is 4.55 Å². The number of nitrogens with one attached hydrogen (secondary N) is 1. The van der Waals surface area contributed by atoms with E-state index in [2.05, 4.69) is 4.72 Å². The molecule has 2 nitrogen and oxygen atoms in total. The van der Waals surface area contributed by atoms with Crippen molar-refractivity contribution in [2.45, 2.75) is 69.8 Å². The van der Waals surface area contributed by atoms with E-state index in [1.165, 1.54) is 6.07 Å². The molecule has 1 aliphatic rings. The largest absolute Gasteiger partial charge is 0.598 e. The molecule has 1 aromatic carbocycles. The van der Waals surface area contributed by atoms with E-state index in [1.807, 2.05) is 0 Å². The Hall–Kier alpha value is -0.570. The van der Waals surface area contributed by atoms with Crippen molar-refractivity contribution >= 4 is 23.0 Å². The molecule has 1 aromatic rings. The first-order valence-electron chi connectivity index (χ1n) is 9.19. The second kappa shape index (κ2) is 9.06. The molecule has 1 saturated carbocycles. The van der Waals surface area contributed by atoms with Gasteiger partial charge in [-0.3, -0.25) is 0 Å². The maximum Gasteiger partial charge on any atom is 0.391 e. The van der Waals surface area contributed by atoms with Gasteiger partial charge in [-0.2, -0.15) is 13.2 Å². The van der Waals surface area contributed by atoms with Crippen LogP contribution in [0.15, 0.2) is 12.1 Å². The summed E-state index contributed by atoms with van der Waals surface area (Å²) in [4.78, 5) is 0. The third kappa shape index (κ3) is 5.97. The molecule has 0 spiro atoms. The third-order valence-electron chi connectivity index (χ3n) is 5.12. The van der Waals surface area contributed by atoms with E-state index in [0.29, 0.717) is 19.3 Å². The lowest BCUT2D eigenvalue weighted by atomic mass is 9.78. The second-order valence-corrected chi connectivity index (χ2v) is 10.7. The number of benzene rings is 1. The maximum absolute atomic E-state index is 14.6. The Bertz CT molecular complexity index is 672. The fourth-order valence-electron chi connectivity index (χ4n) is 3.41. The van der Waals surface area contributed by atoms with Gasteiger partial charge in [0.1, 0.15) is 21.4 Å². The van der Waals surface area contributed by atoms with Crippen LogP contribution in [0.2, 0.25) is 5.02 Å². The van der Waals surface area contributed by atoms with Crippen molar-refractivity contribution in [1.82, 2.24) is 4.72 Å². The molecule has 2 rings (SSSR count). The smallest absolute Gasteiger partial charge is 0.391 e. The first-order chi connectivity index (χ1) is 12.8. The van der Waals surface area contributed by atoms with Crippen LogP contribution in [0.3, 0.4) is 0 Å². The van der Waals surface area contributed by atoms with E-state index >= 15 is 0 Å². The van der Waals surface area contributed by atoms with E-state index in [0.717, 1.165) is 6.07 Å². The molecule has 0 radical (unpaired) electrons. The molecular weight excluding hydrogens is 421 g/mol. The van der Waals surface area contributed by atoms with E-state index in [1.54, 1.807) is 20.8 Å². The van der Waals surface area contributed by atoms with Gasteiger partial charge in [-0.15, -0.1) is 4.72 Å². The Labute approximate surface area is 170 Å². The second-order valence-electron chi connectivity index (χ2n) is 8.31. The molecule has 1 fully saturated rings. The molecule has 0 saturated heterocycles. The summed E-state index contributed by atoms with van der Waals surface area (Å²) in [6.07, 6.45) is -3.16. The first-order valence-corrected chi connectivity index (χ1v) is 10.7. The van der Waals surface area contributed by atoms with Crippen molar-refractivity contribution in [3.63, 3.8) is 0 Å². The Morgan fingerprint density at radius 3 is 2.21 bits per heavy atom. The summed E-state index contributed by atoms with van der Waals surface area (Å²) in [5, 5.41) is -0.647. The lowest BCUT2D eigenvalue weighted by Crippen LogP contribution is -2.42. The predicted molar refractivity (Wildman–Crippen MR) is 101 cm³/mol. The first kappa shape index (κ1) is 23.7. The number of halogens is 6. The Morgan fingerprint density at radius 1 is 1.14 bits per heavy atom. The van der Waals surface area contributed by atoms with Crippen molar-refractivity contribution in [2.24, 2.45) is 11.8 Å². The van der Waals surface area contributed by atoms with Gasteiger partial charge in [-0.25, -0.2) is 8.78 Å². The van der Waals surface area contributed by atoms with Crippen LogP contribution < -0.4 is 4.72 Å². The van der Waals surface area contributed by atoms with Crippen LogP contribution in [0, 0.1) is 23.5 Å². The summed E-state index contributed by atoms with van der Waals surface area (Å²) in [6, 6.07) is 1.54. The Morgan fingerprint density at radius 2 is 1.71 bits per heavy atom. The van der Waals surface area contributed by atoms with Gasteiger partial charge in [0.05, 0.1) is 12.0 Å². The highest BCUT2D eigenvalue weighted by Crippen LogP contribution is 2.42. The van der Waals surface area contributed by atoms with Crippen LogP contribution in [0.5, 0.6) is 0 Å². The SMILES string of the molecule is CC(C)(C)[S+]([O-])N[C@H](CC1CCC(C(F)(F)F)CC1)c1ccc(F)c(Cl)c1F. The third-order valence-corrected chi connectivity index (χ3v) is 7.08. The molecule has 1 unspecified atom stereocenters. The molecule has 2 atom stereocenters. The maximum atomic E-state index is 14.6. The normalized spacial score (nSPS) is 23.5. The Kier molecular flexibility index (Phi) is 7.67. The zero-order valence-electron chi connectivity index (χ0n) is 16.0. The summed E-state index contributed by atoms with van der Waals surface area (Å²) in [5.74, 6) is -3.23. The average molecular weight is 446 g/mol. The summed E-state index contributed by atoms with van der Waals surface area (Å²) in [5.41, 5.74) is 0.0712. The van der Waals surface area contributed by atoms with Crippen molar-refractivity contribution in [3.8, 4) is 0 Å². The average Bonchev–Trinajstić information content (AvgIpc) is 2.58. The molecule has 0 bridgehead atoms. The molecule has 1 N–H and O–H groups in total. The van der Waals surface area contributed by atoms with Gasteiger partial charge in [-0.05, 0) is 64.9 Å². The van der Waals surface area contributed by atoms with E-state index in [9.17, 15) is 26.5 Å². The van der Waals surface area contributed by atoms with Gasteiger partial charge in [0.2, 0.25) is 0 Å². The zero-order valence-corrected chi connectivity index (χ0v) is 17.6. The summed E-state index contributed by atoms with van der Waals surface area (Å²) >= 11 is 4.14. The fraction of sp³-hybridized carbons (Fsp3) is 0.684. The molecule has 9 heteroatoms. The molecule has 0 amide bonds. The van der Waals surface area contributed by atoms with Gasteiger partial charge in [0, 0.05) is 16.9 Å². The molecule has 160 valence electrons. The zero-order chi connectivity index (χ0) is 21.3. The van der Waals surface area contributed by atoms with Crippen molar-refractivity contribution in [3.05, 3.63) is 34.4 Å². The van der Waals surface area contributed by atoms with Gasteiger partial charge in [0.25, 0.3) is 0 Å². The minimum Gasteiger partial charge on any atom is -0.598 e. The van der Waals surface area contributed by atoms with E-state index in [4.69, 9.17) is 11.6 Å². The van der Waals surface area contributed by atoms with Gasteiger partial charge >= 0.3 is 6.18 Å². The van der Waals surface area contributed by atoms with Gasteiger partial charge in [0.15, 0.2) is 0 Å². The highest BCUT2D eigenvalue weighted by atomic mass is 35.5. The molecule has 0 aliphatic heterocycles. The number of hydrogen-bond donors (Lipinski definition) is 1. The standard InChI is InChI=1S/C19H25ClF5NOS/c1-18(2,3)28(27)26-15(13-8-9-14(21)16(20)17(13)22)10-11-4-6-12(7-5-11)19(23,24)25/h8-9,11-12,15,26H,4-7,10H2,1-3H3/t11?,12?,15-,28?/m1/s1. The molecule has 0 aromatic heterocycles.